The van der Waals surface area contributed by atoms with Gasteiger partial charge in [0.15, 0.2) is 5.78 Å². The van der Waals surface area contributed by atoms with Crippen molar-refractivity contribution in [2.45, 2.75) is 19.8 Å². The summed E-state index contributed by atoms with van der Waals surface area (Å²) in [5.74, 6) is 6.43. The first kappa shape index (κ1) is 16.6. The number of ketones is 1. The van der Waals surface area contributed by atoms with E-state index in [1.54, 1.807) is 20.3 Å². The SMILES string of the molecule is COC=CCc1ccccc1CC#Cc1ccc(C(C)=O)cc1. The summed E-state index contributed by atoms with van der Waals surface area (Å²) in [6.07, 6.45) is 5.22. The number of carbonyl (C=O) groups is 1. The Balaban J connectivity index is 2.06. The van der Waals surface area contributed by atoms with Crippen LogP contribution in [0.15, 0.2) is 60.9 Å². The van der Waals surface area contributed by atoms with Gasteiger partial charge in [-0.2, -0.15) is 0 Å². The third-order valence-corrected chi connectivity index (χ3v) is 3.49. The van der Waals surface area contributed by atoms with E-state index in [1.807, 2.05) is 42.5 Å². The van der Waals surface area contributed by atoms with Gasteiger partial charge in [-0.25, -0.2) is 0 Å². The molecule has 2 rings (SSSR count). The molecule has 0 atom stereocenters. The van der Waals surface area contributed by atoms with Crippen LogP contribution in [0.5, 0.6) is 0 Å². The fraction of sp³-hybridized carbons (Fsp3) is 0.190. The Morgan fingerprint density at radius 1 is 1.09 bits per heavy atom. The Kier molecular flexibility index (Phi) is 6.20. The molecular weight excluding hydrogens is 284 g/mol. The molecule has 2 heteroatoms. The van der Waals surface area contributed by atoms with Crippen molar-refractivity contribution in [2.75, 3.05) is 7.11 Å². The van der Waals surface area contributed by atoms with Crippen LogP contribution in [-0.4, -0.2) is 12.9 Å². The summed E-state index contributed by atoms with van der Waals surface area (Å²) >= 11 is 0. The Labute approximate surface area is 137 Å². The third kappa shape index (κ3) is 5.16. The predicted octanol–water partition coefficient (Wildman–Crippen LogP) is 4.19. The number of hydrogen-bond acceptors (Lipinski definition) is 2. The van der Waals surface area contributed by atoms with E-state index in [0.717, 1.165) is 12.0 Å². The Morgan fingerprint density at radius 2 is 1.78 bits per heavy atom. The average Bonchev–Trinajstić information content (AvgIpc) is 2.57. The number of benzene rings is 2. The molecule has 0 aromatic heterocycles. The Bertz CT molecular complexity index is 743. The van der Waals surface area contributed by atoms with Gasteiger partial charge < -0.3 is 4.74 Å². The van der Waals surface area contributed by atoms with Crippen LogP contribution in [0, 0.1) is 11.8 Å². The van der Waals surface area contributed by atoms with E-state index >= 15 is 0 Å². The Hall–Kier alpha value is -2.79. The lowest BCUT2D eigenvalue weighted by Crippen LogP contribution is -1.92. The number of ether oxygens (including phenoxy) is 1. The number of methoxy groups -OCH3 is 1. The van der Waals surface area contributed by atoms with E-state index in [9.17, 15) is 4.79 Å². The number of rotatable bonds is 5. The van der Waals surface area contributed by atoms with Gasteiger partial charge in [-0.3, -0.25) is 4.79 Å². The van der Waals surface area contributed by atoms with Crippen LogP contribution in [0.4, 0.5) is 0 Å². The molecule has 0 unspecified atom stereocenters. The molecule has 0 spiro atoms. The second kappa shape index (κ2) is 8.60. The minimum Gasteiger partial charge on any atom is -0.505 e. The highest BCUT2D eigenvalue weighted by atomic mass is 16.5. The molecule has 0 bridgehead atoms. The summed E-state index contributed by atoms with van der Waals surface area (Å²) in [4.78, 5) is 11.3. The maximum absolute atomic E-state index is 11.3. The van der Waals surface area contributed by atoms with Crippen molar-refractivity contribution in [1.82, 2.24) is 0 Å². The highest BCUT2D eigenvalue weighted by Gasteiger charge is 1.99. The van der Waals surface area contributed by atoms with Crippen LogP contribution in [-0.2, 0) is 17.6 Å². The van der Waals surface area contributed by atoms with E-state index in [2.05, 4.69) is 24.0 Å². The van der Waals surface area contributed by atoms with Crippen molar-refractivity contribution in [1.29, 1.82) is 0 Å². The maximum atomic E-state index is 11.3. The van der Waals surface area contributed by atoms with Crippen LogP contribution in [0.3, 0.4) is 0 Å². The maximum Gasteiger partial charge on any atom is 0.159 e. The number of Topliss-reactive ketones (excluding diaryl/α,β-unsaturated/α-hetero) is 1. The number of carbonyl (C=O) groups excluding carboxylic acids is 1. The van der Waals surface area contributed by atoms with Gasteiger partial charge in [0.1, 0.15) is 0 Å². The van der Waals surface area contributed by atoms with E-state index in [1.165, 1.54) is 11.1 Å². The molecule has 0 amide bonds. The van der Waals surface area contributed by atoms with Gasteiger partial charge in [0.25, 0.3) is 0 Å². The smallest absolute Gasteiger partial charge is 0.159 e. The van der Waals surface area contributed by atoms with Crippen molar-refractivity contribution in [2.24, 2.45) is 0 Å². The van der Waals surface area contributed by atoms with E-state index in [-0.39, 0.29) is 5.78 Å². The van der Waals surface area contributed by atoms with Crippen molar-refractivity contribution in [3.63, 3.8) is 0 Å². The summed E-state index contributed by atoms with van der Waals surface area (Å²) in [6, 6.07) is 15.7. The summed E-state index contributed by atoms with van der Waals surface area (Å²) in [5, 5.41) is 0. The highest BCUT2D eigenvalue weighted by Crippen LogP contribution is 2.11. The first-order chi connectivity index (χ1) is 11.2. The molecule has 2 aromatic carbocycles. The number of hydrogen-bond donors (Lipinski definition) is 0. The van der Waals surface area contributed by atoms with Gasteiger partial charge in [0, 0.05) is 17.5 Å². The molecule has 0 aliphatic heterocycles. The predicted molar refractivity (Wildman–Crippen MR) is 93.3 cm³/mol. The summed E-state index contributed by atoms with van der Waals surface area (Å²) < 4.78 is 4.94. The molecular formula is C21H20O2. The summed E-state index contributed by atoms with van der Waals surface area (Å²) in [6.45, 7) is 1.57. The molecule has 2 nitrogen and oxygen atoms in total. The third-order valence-electron chi connectivity index (χ3n) is 3.49. The van der Waals surface area contributed by atoms with Crippen molar-refractivity contribution in [3.05, 3.63) is 83.1 Å². The molecule has 0 heterocycles. The molecule has 116 valence electrons. The van der Waals surface area contributed by atoms with Gasteiger partial charge in [-0.15, -0.1) is 0 Å². The molecule has 0 N–H and O–H groups in total. The normalized spacial score (nSPS) is 10.2. The minimum absolute atomic E-state index is 0.0718. The van der Waals surface area contributed by atoms with Crippen molar-refractivity contribution >= 4 is 5.78 Å². The van der Waals surface area contributed by atoms with Gasteiger partial charge in [0.05, 0.1) is 13.4 Å². The molecule has 0 saturated heterocycles. The van der Waals surface area contributed by atoms with Crippen LogP contribution in [0.2, 0.25) is 0 Å². The molecule has 0 fully saturated rings. The highest BCUT2D eigenvalue weighted by molar-refractivity contribution is 5.94. The van der Waals surface area contributed by atoms with Gasteiger partial charge in [-0.1, -0.05) is 48.2 Å². The zero-order chi connectivity index (χ0) is 16.5. The van der Waals surface area contributed by atoms with E-state index < -0.39 is 0 Å². The largest absolute Gasteiger partial charge is 0.505 e. The molecule has 0 aliphatic carbocycles. The first-order valence-electron chi connectivity index (χ1n) is 7.55. The molecule has 0 aliphatic rings. The van der Waals surface area contributed by atoms with Crippen LogP contribution in [0.1, 0.15) is 34.0 Å². The fourth-order valence-corrected chi connectivity index (χ4v) is 2.23. The van der Waals surface area contributed by atoms with E-state index in [4.69, 9.17) is 4.74 Å². The molecule has 2 aromatic rings. The standard InChI is InChI=1S/C21H20O2/c1-17(22)19-14-12-18(13-15-19)7-5-10-20-8-3-4-9-21(20)11-6-16-23-2/h3-4,6,8-9,12-16H,10-11H2,1-2H3. The molecule has 0 saturated carbocycles. The molecule has 0 radical (unpaired) electrons. The van der Waals surface area contributed by atoms with Crippen LogP contribution in [0.25, 0.3) is 0 Å². The van der Waals surface area contributed by atoms with Gasteiger partial charge >= 0.3 is 0 Å². The van der Waals surface area contributed by atoms with Crippen LogP contribution >= 0.6 is 0 Å². The Morgan fingerprint density at radius 3 is 2.43 bits per heavy atom. The van der Waals surface area contributed by atoms with Crippen molar-refractivity contribution < 1.29 is 9.53 Å². The summed E-state index contributed by atoms with van der Waals surface area (Å²) in [7, 11) is 1.64. The quantitative estimate of drug-likeness (QED) is 0.470. The summed E-state index contributed by atoms with van der Waals surface area (Å²) in [5.41, 5.74) is 4.11. The van der Waals surface area contributed by atoms with E-state index in [0.29, 0.717) is 12.0 Å². The fourth-order valence-electron chi connectivity index (χ4n) is 2.23. The second-order valence-electron chi connectivity index (χ2n) is 5.19. The molecule has 23 heavy (non-hydrogen) atoms. The first-order valence-corrected chi connectivity index (χ1v) is 7.55. The number of allylic oxidation sites excluding steroid dienone is 1. The average molecular weight is 304 g/mol. The zero-order valence-corrected chi connectivity index (χ0v) is 13.5. The lowest BCUT2D eigenvalue weighted by atomic mass is 10.0. The second-order valence-corrected chi connectivity index (χ2v) is 5.19. The monoisotopic (exact) mass is 304 g/mol. The lowest BCUT2D eigenvalue weighted by molar-refractivity contribution is 0.101. The van der Waals surface area contributed by atoms with Crippen molar-refractivity contribution in [3.8, 4) is 11.8 Å². The zero-order valence-electron chi connectivity index (χ0n) is 13.5. The minimum atomic E-state index is 0.0718. The van der Waals surface area contributed by atoms with Crippen LogP contribution < -0.4 is 0 Å². The van der Waals surface area contributed by atoms with Gasteiger partial charge in [-0.05, 0) is 42.7 Å². The van der Waals surface area contributed by atoms with Gasteiger partial charge in [0.2, 0.25) is 0 Å². The lowest BCUT2D eigenvalue weighted by Gasteiger charge is -2.03. The topological polar surface area (TPSA) is 26.3 Å².